The Labute approximate surface area is 156 Å². The van der Waals surface area contributed by atoms with E-state index in [-0.39, 0.29) is 29.3 Å². The van der Waals surface area contributed by atoms with E-state index >= 15 is 0 Å². The van der Waals surface area contributed by atoms with Crippen LogP contribution >= 0.6 is 12.4 Å². The van der Waals surface area contributed by atoms with Crippen molar-refractivity contribution in [2.75, 3.05) is 20.1 Å². The summed E-state index contributed by atoms with van der Waals surface area (Å²) < 4.78 is 27.0. The van der Waals surface area contributed by atoms with Gasteiger partial charge in [-0.3, -0.25) is 4.79 Å². The number of nitrogens with zero attached hydrogens (tertiary/aromatic N) is 1. The minimum Gasteiger partial charge on any atom is -0.352 e. The molecule has 1 fully saturated rings. The van der Waals surface area contributed by atoms with E-state index in [1.54, 1.807) is 19.2 Å². The van der Waals surface area contributed by atoms with Crippen LogP contribution in [0, 0.1) is 0 Å². The summed E-state index contributed by atoms with van der Waals surface area (Å²) in [5, 5.41) is 2.75. The lowest BCUT2D eigenvalue weighted by Crippen LogP contribution is -2.38. The Bertz CT molecular complexity index is 644. The molecule has 1 saturated carbocycles. The summed E-state index contributed by atoms with van der Waals surface area (Å²) in [5.74, 6) is -0.215. The van der Waals surface area contributed by atoms with Crippen LogP contribution in [0.25, 0.3) is 0 Å². The van der Waals surface area contributed by atoms with Crippen molar-refractivity contribution in [2.45, 2.75) is 49.5 Å². The zero-order valence-corrected chi connectivity index (χ0v) is 16.2. The molecule has 1 amide bonds. The highest BCUT2D eigenvalue weighted by molar-refractivity contribution is 7.89. The van der Waals surface area contributed by atoms with E-state index in [9.17, 15) is 13.2 Å². The highest BCUT2D eigenvalue weighted by atomic mass is 35.5. The second kappa shape index (κ2) is 10.1. The summed E-state index contributed by atoms with van der Waals surface area (Å²) in [7, 11) is -1.87. The van der Waals surface area contributed by atoms with Gasteiger partial charge in [0.15, 0.2) is 0 Å². The Morgan fingerprint density at radius 2 is 1.80 bits per heavy atom. The molecule has 0 atom stereocenters. The number of halogens is 1. The quantitative estimate of drug-likeness (QED) is 0.699. The Balaban J connectivity index is 0.00000312. The fourth-order valence-electron chi connectivity index (χ4n) is 2.99. The number of nitrogens with two attached hydrogens (primary N) is 1. The first-order valence-electron chi connectivity index (χ1n) is 8.53. The van der Waals surface area contributed by atoms with Gasteiger partial charge in [-0.25, -0.2) is 8.42 Å². The monoisotopic (exact) mass is 389 g/mol. The van der Waals surface area contributed by atoms with Crippen LogP contribution in [0.1, 0.15) is 48.9 Å². The summed E-state index contributed by atoms with van der Waals surface area (Å²) in [6.07, 6.45) is 5.87. The van der Waals surface area contributed by atoms with E-state index < -0.39 is 10.0 Å². The third kappa shape index (κ3) is 5.67. The largest absolute Gasteiger partial charge is 0.352 e. The van der Waals surface area contributed by atoms with Crippen LogP contribution in [0.3, 0.4) is 0 Å². The maximum absolute atomic E-state index is 12.7. The minimum atomic E-state index is -3.52. The van der Waals surface area contributed by atoms with Crippen LogP contribution in [-0.4, -0.2) is 44.8 Å². The van der Waals surface area contributed by atoms with Crippen molar-refractivity contribution < 1.29 is 13.2 Å². The lowest BCUT2D eigenvalue weighted by Gasteiger charge is -2.30. The molecule has 1 aromatic rings. The van der Waals surface area contributed by atoms with Crippen LogP contribution in [0.5, 0.6) is 0 Å². The first-order valence-corrected chi connectivity index (χ1v) is 9.97. The number of carbonyl (C=O) groups is 1. The molecule has 2 rings (SSSR count). The van der Waals surface area contributed by atoms with E-state index in [4.69, 9.17) is 5.73 Å². The van der Waals surface area contributed by atoms with Crippen LogP contribution in [0.15, 0.2) is 29.2 Å². The molecule has 0 aromatic heterocycles. The van der Waals surface area contributed by atoms with Crippen molar-refractivity contribution in [1.82, 2.24) is 9.62 Å². The SMILES string of the molecule is CN(C1CCCCC1)S(=O)(=O)c1ccc(C(=O)NCCCN)cc1.Cl. The minimum absolute atomic E-state index is 0. The van der Waals surface area contributed by atoms with Crippen molar-refractivity contribution in [2.24, 2.45) is 5.73 Å². The molecule has 0 heterocycles. The average molecular weight is 390 g/mol. The molecular formula is C17H28ClN3O3S. The summed E-state index contributed by atoms with van der Waals surface area (Å²) in [4.78, 5) is 12.2. The summed E-state index contributed by atoms with van der Waals surface area (Å²) >= 11 is 0. The highest BCUT2D eigenvalue weighted by Gasteiger charge is 2.29. The van der Waals surface area contributed by atoms with Crippen LogP contribution < -0.4 is 11.1 Å². The zero-order valence-electron chi connectivity index (χ0n) is 14.6. The van der Waals surface area contributed by atoms with Crippen LogP contribution in [-0.2, 0) is 10.0 Å². The molecule has 0 aliphatic heterocycles. The molecule has 25 heavy (non-hydrogen) atoms. The van der Waals surface area contributed by atoms with Gasteiger partial charge in [-0.1, -0.05) is 19.3 Å². The summed E-state index contributed by atoms with van der Waals surface area (Å²) in [6.45, 7) is 1.03. The Morgan fingerprint density at radius 1 is 1.20 bits per heavy atom. The van der Waals surface area contributed by atoms with Gasteiger partial charge in [0.1, 0.15) is 0 Å². The second-order valence-electron chi connectivity index (χ2n) is 6.24. The van der Waals surface area contributed by atoms with Gasteiger partial charge < -0.3 is 11.1 Å². The number of benzene rings is 1. The second-order valence-corrected chi connectivity index (χ2v) is 8.23. The third-order valence-corrected chi connectivity index (χ3v) is 6.47. The fourth-order valence-corrected chi connectivity index (χ4v) is 4.41. The van der Waals surface area contributed by atoms with E-state index in [1.807, 2.05) is 0 Å². The fraction of sp³-hybridized carbons (Fsp3) is 0.588. The van der Waals surface area contributed by atoms with E-state index in [0.29, 0.717) is 25.1 Å². The van der Waals surface area contributed by atoms with Crippen LogP contribution in [0.2, 0.25) is 0 Å². The molecule has 0 spiro atoms. The third-order valence-electron chi connectivity index (χ3n) is 4.55. The topological polar surface area (TPSA) is 92.5 Å². The molecule has 0 bridgehead atoms. The van der Waals surface area contributed by atoms with Gasteiger partial charge in [0.25, 0.3) is 5.91 Å². The van der Waals surface area contributed by atoms with Gasteiger partial charge >= 0.3 is 0 Å². The molecule has 8 heteroatoms. The van der Waals surface area contributed by atoms with Crippen LogP contribution in [0.4, 0.5) is 0 Å². The number of hydrogen-bond acceptors (Lipinski definition) is 4. The Morgan fingerprint density at radius 3 is 2.36 bits per heavy atom. The normalized spacial score (nSPS) is 15.6. The molecule has 142 valence electrons. The number of sulfonamides is 1. The predicted octanol–water partition coefficient (Wildman–Crippen LogP) is 2.14. The first kappa shape index (κ1) is 21.9. The molecule has 1 aromatic carbocycles. The van der Waals surface area contributed by atoms with E-state index in [0.717, 1.165) is 25.7 Å². The maximum Gasteiger partial charge on any atom is 0.251 e. The average Bonchev–Trinajstić information content (AvgIpc) is 2.62. The number of nitrogens with one attached hydrogen (secondary N) is 1. The van der Waals surface area contributed by atoms with E-state index in [1.165, 1.54) is 22.9 Å². The number of amides is 1. The molecule has 3 N–H and O–H groups in total. The molecule has 1 aliphatic rings. The van der Waals surface area contributed by atoms with Crippen molar-refractivity contribution in [3.05, 3.63) is 29.8 Å². The van der Waals surface area contributed by atoms with Gasteiger partial charge in [0.2, 0.25) is 10.0 Å². The van der Waals surface area contributed by atoms with Gasteiger partial charge in [-0.15, -0.1) is 12.4 Å². The van der Waals surface area contributed by atoms with E-state index in [2.05, 4.69) is 5.32 Å². The van der Waals surface area contributed by atoms with Crippen molar-refractivity contribution >= 4 is 28.3 Å². The molecule has 0 saturated heterocycles. The highest BCUT2D eigenvalue weighted by Crippen LogP contribution is 2.26. The molecule has 1 aliphatic carbocycles. The predicted molar refractivity (Wildman–Crippen MR) is 102 cm³/mol. The number of rotatable bonds is 7. The lowest BCUT2D eigenvalue weighted by molar-refractivity contribution is 0.0953. The summed E-state index contributed by atoms with van der Waals surface area (Å²) in [6, 6.07) is 6.19. The Hall–Kier alpha value is -1.15. The van der Waals surface area contributed by atoms with Gasteiger partial charge in [-0.2, -0.15) is 4.31 Å². The van der Waals surface area contributed by atoms with Crippen molar-refractivity contribution in [3.8, 4) is 0 Å². The molecular weight excluding hydrogens is 362 g/mol. The standard InChI is InChI=1S/C17H27N3O3S.ClH/c1-20(15-6-3-2-4-7-15)24(22,23)16-10-8-14(9-11-16)17(21)19-13-5-12-18;/h8-11,15H,2-7,12-13,18H2,1H3,(H,19,21);1H. The first-order chi connectivity index (χ1) is 11.5. The Kier molecular flexibility index (Phi) is 8.85. The summed E-state index contributed by atoms with van der Waals surface area (Å²) in [5.41, 5.74) is 5.84. The van der Waals surface area contributed by atoms with Crippen molar-refractivity contribution in [3.63, 3.8) is 0 Å². The van der Waals surface area contributed by atoms with Gasteiger partial charge in [0, 0.05) is 25.2 Å². The molecule has 0 radical (unpaired) electrons. The number of carbonyl (C=O) groups excluding carboxylic acids is 1. The zero-order chi connectivity index (χ0) is 17.6. The van der Waals surface area contributed by atoms with Crippen molar-refractivity contribution in [1.29, 1.82) is 0 Å². The van der Waals surface area contributed by atoms with Gasteiger partial charge in [0.05, 0.1) is 4.90 Å². The smallest absolute Gasteiger partial charge is 0.251 e. The lowest BCUT2D eigenvalue weighted by atomic mass is 9.96. The van der Waals surface area contributed by atoms with Gasteiger partial charge in [-0.05, 0) is 50.1 Å². The maximum atomic E-state index is 12.7. The number of hydrogen-bond donors (Lipinski definition) is 2. The molecule has 6 nitrogen and oxygen atoms in total. The molecule has 0 unspecified atom stereocenters.